The number of rotatable bonds is 8. The third-order valence-corrected chi connectivity index (χ3v) is 5.02. The summed E-state index contributed by atoms with van der Waals surface area (Å²) in [6, 6.07) is 11.2. The Hall–Kier alpha value is -2.32. The molecule has 1 unspecified atom stereocenters. The first-order chi connectivity index (χ1) is 13.7. The highest BCUT2D eigenvalue weighted by molar-refractivity contribution is 7.89. The highest BCUT2D eigenvalue weighted by atomic mass is 35.5. The van der Waals surface area contributed by atoms with Gasteiger partial charge in [0.05, 0.1) is 12.3 Å². The van der Waals surface area contributed by atoms with E-state index in [0.717, 1.165) is 6.26 Å². The Labute approximate surface area is 176 Å². The van der Waals surface area contributed by atoms with Gasteiger partial charge in [0.1, 0.15) is 17.7 Å². The molecule has 6 nitrogen and oxygen atoms in total. The summed E-state index contributed by atoms with van der Waals surface area (Å²) in [6.45, 7) is 2.59. The average Bonchev–Trinajstić information content (AvgIpc) is 2.63. The number of hydrogen-bond acceptors (Lipinski definition) is 4. The van der Waals surface area contributed by atoms with Gasteiger partial charge >= 0.3 is 0 Å². The molecule has 0 aliphatic heterocycles. The molecule has 0 spiro atoms. The van der Waals surface area contributed by atoms with Crippen molar-refractivity contribution < 1.29 is 17.5 Å². The van der Waals surface area contributed by atoms with Crippen LogP contribution in [-0.4, -0.2) is 40.3 Å². The van der Waals surface area contributed by atoms with Gasteiger partial charge in [0.15, 0.2) is 15.8 Å². The normalized spacial score (nSPS) is 13.1. The third kappa shape index (κ3) is 8.29. The second-order valence-electron chi connectivity index (χ2n) is 6.68. The zero-order valence-electron chi connectivity index (χ0n) is 16.6. The van der Waals surface area contributed by atoms with Crippen molar-refractivity contribution in [2.45, 2.75) is 25.3 Å². The van der Waals surface area contributed by atoms with Gasteiger partial charge in [-0.2, -0.15) is 0 Å². The summed E-state index contributed by atoms with van der Waals surface area (Å²) >= 11 is 5.95. The molecule has 0 amide bonds. The molecule has 0 heterocycles. The summed E-state index contributed by atoms with van der Waals surface area (Å²) in [4.78, 5) is 4.13. The lowest BCUT2D eigenvalue weighted by molar-refractivity contribution is 0.224. The topological polar surface area (TPSA) is 79.8 Å². The van der Waals surface area contributed by atoms with Crippen LogP contribution in [0.1, 0.15) is 18.1 Å². The summed E-state index contributed by atoms with van der Waals surface area (Å²) in [5.74, 6) is 0.576. The maximum absolute atomic E-state index is 13.6. The first-order valence-electron chi connectivity index (χ1n) is 8.98. The molecule has 0 saturated heterocycles. The Bertz CT molecular complexity index is 967. The standard InChI is InChI=1S/C20H25ClFN3O3S/c1-14(28-19-6-4-5-17(21)10-19)11-24-20(23-2)25-12-16-9-18(22)8-7-15(16)13-29(3,26)27/h4-10,14H,11-13H2,1-3H3,(H2,23,24,25). The molecule has 0 aromatic heterocycles. The van der Waals surface area contributed by atoms with Gasteiger partial charge in [-0.15, -0.1) is 0 Å². The number of guanidine groups is 1. The van der Waals surface area contributed by atoms with Crippen molar-refractivity contribution in [2.75, 3.05) is 19.8 Å². The summed E-state index contributed by atoms with van der Waals surface area (Å²) in [7, 11) is -1.62. The van der Waals surface area contributed by atoms with Gasteiger partial charge in [0.25, 0.3) is 0 Å². The molecule has 0 radical (unpaired) electrons. The number of benzene rings is 2. The molecular formula is C20H25ClFN3O3S. The molecule has 0 saturated carbocycles. The fourth-order valence-electron chi connectivity index (χ4n) is 2.64. The maximum Gasteiger partial charge on any atom is 0.191 e. The van der Waals surface area contributed by atoms with Crippen LogP contribution in [-0.2, 0) is 22.1 Å². The van der Waals surface area contributed by atoms with Crippen LogP contribution >= 0.6 is 11.6 Å². The fourth-order valence-corrected chi connectivity index (χ4v) is 3.66. The molecule has 0 aliphatic rings. The van der Waals surface area contributed by atoms with E-state index < -0.39 is 15.7 Å². The molecule has 9 heteroatoms. The molecule has 0 fully saturated rings. The minimum Gasteiger partial charge on any atom is -0.489 e. The lowest BCUT2D eigenvalue weighted by atomic mass is 10.1. The molecule has 0 aliphatic carbocycles. The van der Waals surface area contributed by atoms with Crippen molar-refractivity contribution in [2.24, 2.45) is 4.99 Å². The van der Waals surface area contributed by atoms with Crippen LogP contribution < -0.4 is 15.4 Å². The van der Waals surface area contributed by atoms with Gasteiger partial charge in [0.2, 0.25) is 0 Å². The van der Waals surface area contributed by atoms with E-state index in [-0.39, 0.29) is 18.4 Å². The van der Waals surface area contributed by atoms with E-state index in [1.807, 2.05) is 19.1 Å². The smallest absolute Gasteiger partial charge is 0.191 e. The molecule has 2 rings (SSSR count). The summed E-state index contributed by atoms with van der Waals surface area (Å²) in [5, 5.41) is 6.79. The van der Waals surface area contributed by atoms with Gasteiger partial charge in [-0.1, -0.05) is 23.7 Å². The number of nitrogens with zero attached hydrogens (tertiary/aromatic N) is 1. The zero-order valence-corrected chi connectivity index (χ0v) is 18.1. The van der Waals surface area contributed by atoms with Crippen LogP contribution in [0, 0.1) is 5.82 Å². The predicted molar refractivity (Wildman–Crippen MR) is 115 cm³/mol. The summed E-state index contributed by atoms with van der Waals surface area (Å²) in [5.41, 5.74) is 1.11. The molecule has 158 valence electrons. The first-order valence-corrected chi connectivity index (χ1v) is 11.4. The number of hydrogen-bond donors (Lipinski definition) is 2. The summed E-state index contributed by atoms with van der Waals surface area (Å²) in [6.07, 6.45) is 0.983. The van der Waals surface area contributed by atoms with E-state index >= 15 is 0 Å². The predicted octanol–water partition coefficient (Wildman–Crippen LogP) is 3.16. The van der Waals surface area contributed by atoms with Crippen molar-refractivity contribution in [3.05, 3.63) is 64.4 Å². The molecule has 2 aromatic rings. The van der Waals surface area contributed by atoms with Crippen LogP contribution in [0.5, 0.6) is 5.75 Å². The maximum atomic E-state index is 13.6. The lowest BCUT2D eigenvalue weighted by Crippen LogP contribution is -2.41. The number of sulfone groups is 1. The van der Waals surface area contributed by atoms with Crippen molar-refractivity contribution in [1.82, 2.24) is 10.6 Å². The van der Waals surface area contributed by atoms with E-state index in [1.165, 1.54) is 18.2 Å². The lowest BCUT2D eigenvalue weighted by Gasteiger charge is -2.18. The van der Waals surface area contributed by atoms with E-state index in [1.54, 1.807) is 19.2 Å². The van der Waals surface area contributed by atoms with Crippen molar-refractivity contribution in [1.29, 1.82) is 0 Å². The van der Waals surface area contributed by atoms with E-state index in [9.17, 15) is 12.8 Å². The largest absolute Gasteiger partial charge is 0.489 e. The number of ether oxygens (including phenoxy) is 1. The highest BCUT2D eigenvalue weighted by Gasteiger charge is 2.12. The molecule has 2 aromatic carbocycles. The van der Waals surface area contributed by atoms with Gasteiger partial charge in [0, 0.05) is 24.9 Å². The number of aliphatic imine (C=N–C) groups is 1. The minimum absolute atomic E-state index is 0.152. The van der Waals surface area contributed by atoms with Crippen LogP contribution in [0.15, 0.2) is 47.5 Å². The van der Waals surface area contributed by atoms with Crippen molar-refractivity contribution in [3.8, 4) is 5.75 Å². The molecule has 1 atom stereocenters. The first kappa shape index (κ1) is 23.0. The van der Waals surface area contributed by atoms with Crippen molar-refractivity contribution >= 4 is 27.4 Å². The number of halogens is 2. The second kappa shape index (κ2) is 10.5. The van der Waals surface area contributed by atoms with Gasteiger partial charge in [-0.25, -0.2) is 12.8 Å². The molecule has 2 N–H and O–H groups in total. The van der Waals surface area contributed by atoms with Crippen LogP contribution in [0.4, 0.5) is 4.39 Å². The van der Waals surface area contributed by atoms with Gasteiger partial charge < -0.3 is 15.4 Å². The molecule has 0 bridgehead atoms. The quantitative estimate of drug-likeness (QED) is 0.486. The monoisotopic (exact) mass is 441 g/mol. The zero-order chi connectivity index (χ0) is 21.4. The highest BCUT2D eigenvalue weighted by Crippen LogP contribution is 2.18. The van der Waals surface area contributed by atoms with Gasteiger partial charge in [-0.3, -0.25) is 4.99 Å². The third-order valence-electron chi connectivity index (χ3n) is 3.95. The van der Waals surface area contributed by atoms with E-state index in [4.69, 9.17) is 16.3 Å². The average molecular weight is 442 g/mol. The SMILES string of the molecule is CN=C(NCc1cc(F)ccc1CS(C)(=O)=O)NCC(C)Oc1cccc(Cl)c1. The van der Waals surface area contributed by atoms with E-state index in [0.29, 0.717) is 34.4 Å². The molecule has 29 heavy (non-hydrogen) atoms. The Morgan fingerprint density at radius 1 is 1.21 bits per heavy atom. The van der Waals surface area contributed by atoms with Crippen LogP contribution in [0.2, 0.25) is 5.02 Å². The Morgan fingerprint density at radius 2 is 1.97 bits per heavy atom. The van der Waals surface area contributed by atoms with Gasteiger partial charge in [-0.05, 0) is 48.4 Å². The molecular weight excluding hydrogens is 417 g/mol. The summed E-state index contributed by atoms with van der Waals surface area (Å²) < 4.78 is 42.6. The van der Waals surface area contributed by atoms with Crippen molar-refractivity contribution in [3.63, 3.8) is 0 Å². The van der Waals surface area contributed by atoms with E-state index in [2.05, 4.69) is 15.6 Å². The Balaban J connectivity index is 1.93. The van der Waals surface area contributed by atoms with Crippen LogP contribution in [0.3, 0.4) is 0 Å². The minimum atomic E-state index is -3.23. The van der Waals surface area contributed by atoms with Crippen LogP contribution in [0.25, 0.3) is 0 Å². The second-order valence-corrected chi connectivity index (χ2v) is 9.25. The number of nitrogens with one attached hydrogen (secondary N) is 2. The Kier molecular flexibility index (Phi) is 8.28. The fraction of sp³-hybridized carbons (Fsp3) is 0.350. The Morgan fingerprint density at radius 3 is 2.62 bits per heavy atom.